The highest BCUT2D eigenvalue weighted by atomic mass is 32.1. The molecule has 0 aromatic carbocycles. The minimum absolute atomic E-state index is 0.153. The highest BCUT2D eigenvalue weighted by molar-refractivity contribution is 7.11. The molecule has 5 nitrogen and oxygen atoms in total. The number of nitrogen functional groups attached to an aromatic ring is 1. The molecule has 0 atom stereocenters. The van der Waals surface area contributed by atoms with Crippen LogP contribution in [0.2, 0.25) is 0 Å². The SMILES string of the molecule is CCCCN(CCCC)c1snc(N)c1C(=O)NC. The van der Waals surface area contributed by atoms with Gasteiger partial charge in [0.2, 0.25) is 0 Å². The van der Waals surface area contributed by atoms with Crippen LogP contribution in [0.4, 0.5) is 10.8 Å². The van der Waals surface area contributed by atoms with Gasteiger partial charge in [-0.15, -0.1) is 0 Å². The van der Waals surface area contributed by atoms with E-state index in [9.17, 15) is 4.79 Å². The number of rotatable bonds is 8. The van der Waals surface area contributed by atoms with Gasteiger partial charge in [-0.25, -0.2) is 0 Å². The first-order chi connectivity index (χ1) is 9.15. The molecule has 1 aromatic heterocycles. The number of unbranched alkanes of at least 4 members (excludes halogenated alkanes) is 2. The summed E-state index contributed by atoms with van der Waals surface area (Å²) < 4.78 is 4.14. The third kappa shape index (κ3) is 4.09. The number of nitrogens with two attached hydrogens (primary N) is 1. The summed E-state index contributed by atoms with van der Waals surface area (Å²) in [5, 5.41) is 3.54. The van der Waals surface area contributed by atoms with Crippen molar-refractivity contribution in [2.75, 3.05) is 30.8 Å². The zero-order valence-corrected chi connectivity index (χ0v) is 12.8. The van der Waals surface area contributed by atoms with Gasteiger partial charge in [0.15, 0.2) is 5.82 Å². The van der Waals surface area contributed by atoms with Crippen molar-refractivity contribution in [3.8, 4) is 0 Å². The van der Waals surface area contributed by atoms with E-state index in [0.29, 0.717) is 11.4 Å². The van der Waals surface area contributed by atoms with E-state index in [1.165, 1.54) is 11.5 Å². The van der Waals surface area contributed by atoms with Crippen molar-refractivity contribution in [2.45, 2.75) is 39.5 Å². The average Bonchev–Trinajstić information content (AvgIpc) is 2.80. The standard InChI is InChI=1S/C13H24N4OS/c1-4-6-8-17(9-7-5-2)13-10(12(18)15-3)11(14)16-19-13/h4-9H2,1-3H3,(H2,14,16)(H,15,18). The Morgan fingerprint density at radius 1 is 1.32 bits per heavy atom. The zero-order chi connectivity index (χ0) is 14.3. The summed E-state index contributed by atoms with van der Waals surface area (Å²) in [5.74, 6) is 0.177. The van der Waals surface area contributed by atoms with Crippen LogP contribution < -0.4 is 16.0 Å². The Kier molecular flexibility index (Phi) is 6.62. The number of carbonyl (C=O) groups is 1. The molecule has 0 aliphatic carbocycles. The van der Waals surface area contributed by atoms with E-state index >= 15 is 0 Å². The molecule has 0 aliphatic heterocycles. The molecule has 0 bridgehead atoms. The van der Waals surface area contributed by atoms with E-state index in [4.69, 9.17) is 5.73 Å². The van der Waals surface area contributed by atoms with Crippen molar-refractivity contribution in [3.05, 3.63) is 5.56 Å². The fraction of sp³-hybridized carbons (Fsp3) is 0.692. The van der Waals surface area contributed by atoms with Gasteiger partial charge < -0.3 is 16.0 Å². The third-order valence-electron chi connectivity index (χ3n) is 3.00. The predicted octanol–water partition coefficient (Wildman–Crippen LogP) is 2.49. The van der Waals surface area contributed by atoms with Crippen LogP contribution in [0.15, 0.2) is 0 Å². The monoisotopic (exact) mass is 284 g/mol. The summed E-state index contributed by atoms with van der Waals surface area (Å²) >= 11 is 1.32. The predicted molar refractivity (Wildman–Crippen MR) is 81.9 cm³/mol. The molecule has 19 heavy (non-hydrogen) atoms. The summed E-state index contributed by atoms with van der Waals surface area (Å²) in [5.41, 5.74) is 6.35. The molecule has 1 heterocycles. The lowest BCUT2D eigenvalue weighted by molar-refractivity contribution is 0.0964. The Balaban J connectivity index is 2.96. The fourth-order valence-corrected chi connectivity index (χ4v) is 2.72. The Hall–Kier alpha value is -1.30. The first-order valence-electron chi connectivity index (χ1n) is 6.87. The molecule has 0 aliphatic rings. The van der Waals surface area contributed by atoms with Gasteiger partial charge in [0.25, 0.3) is 5.91 Å². The van der Waals surface area contributed by atoms with Crippen molar-refractivity contribution in [1.29, 1.82) is 0 Å². The van der Waals surface area contributed by atoms with Gasteiger partial charge in [-0.3, -0.25) is 4.79 Å². The second-order valence-corrected chi connectivity index (χ2v) is 5.27. The number of amides is 1. The molecular formula is C13H24N4OS. The maximum absolute atomic E-state index is 11.9. The highest BCUT2D eigenvalue weighted by Crippen LogP contribution is 2.31. The van der Waals surface area contributed by atoms with E-state index in [1.54, 1.807) is 7.05 Å². The topological polar surface area (TPSA) is 71.2 Å². The summed E-state index contributed by atoms with van der Waals surface area (Å²) in [7, 11) is 1.62. The Bertz CT molecular complexity index is 397. The minimum Gasteiger partial charge on any atom is -0.382 e. The van der Waals surface area contributed by atoms with Crippen LogP contribution in [0.3, 0.4) is 0 Å². The summed E-state index contributed by atoms with van der Waals surface area (Å²) in [6.07, 6.45) is 4.47. The number of aromatic nitrogens is 1. The van der Waals surface area contributed by atoms with Crippen molar-refractivity contribution in [2.24, 2.45) is 0 Å². The molecule has 0 spiro atoms. The lowest BCUT2D eigenvalue weighted by Crippen LogP contribution is -2.28. The number of anilines is 2. The Morgan fingerprint density at radius 3 is 2.37 bits per heavy atom. The number of hydrogen-bond acceptors (Lipinski definition) is 5. The maximum Gasteiger partial charge on any atom is 0.257 e. The minimum atomic E-state index is -0.153. The molecular weight excluding hydrogens is 260 g/mol. The molecule has 0 fully saturated rings. The zero-order valence-electron chi connectivity index (χ0n) is 12.0. The second kappa shape index (κ2) is 7.99. The van der Waals surface area contributed by atoms with Gasteiger partial charge in [0.1, 0.15) is 10.6 Å². The molecule has 0 saturated heterocycles. The van der Waals surface area contributed by atoms with Gasteiger partial charge in [-0.05, 0) is 24.4 Å². The fourth-order valence-electron chi connectivity index (χ4n) is 1.86. The summed E-state index contributed by atoms with van der Waals surface area (Å²) in [6.45, 7) is 6.22. The summed E-state index contributed by atoms with van der Waals surface area (Å²) in [6, 6.07) is 0. The molecule has 1 rings (SSSR count). The van der Waals surface area contributed by atoms with E-state index in [-0.39, 0.29) is 5.91 Å². The quantitative estimate of drug-likeness (QED) is 0.769. The summed E-state index contributed by atoms with van der Waals surface area (Å²) in [4.78, 5) is 14.2. The molecule has 0 radical (unpaired) electrons. The van der Waals surface area contributed by atoms with E-state index in [2.05, 4.69) is 28.4 Å². The van der Waals surface area contributed by atoms with Crippen LogP contribution >= 0.6 is 11.5 Å². The lowest BCUT2D eigenvalue weighted by Gasteiger charge is -2.23. The average molecular weight is 284 g/mol. The van der Waals surface area contributed by atoms with Gasteiger partial charge in [-0.1, -0.05) is 26.7 Å². The van der Waals surface area contributed by atoms with Crippen LogP contribution in [0.5, 0.6) is 0 Å². The maximum atomic E-state index is 11.9. The van der Waals surface area contributed by atoms with Gasteiger partial charge in [-0.2, -0.15) is 4.37 Å². The van der Waals surface area contributed by atoms with Crippen LogP contribution in [-0.4, -0.2) is 30.4 Å². The van der Waals surface area contributed by atoms with Crippen molar-refractivity contribution >= 4 is 28.3 Å². The van der Waals surface area contributed by atoms with Crippen LogP contribution in [0.1, 0.15) is 49.9 Å². The first-order valence-corrected chi connectivity index (χ1v) is 7.65. The Labute approximate surface area is 119 Å². The van der Waals surface area contributed by atoms with E-state index in [0.717, 1.165) is 43.8 Å². The number of nitrogens with zero attached hydrogens (tertiary/aromatic N) is 2. The lowest BCUT2D eigenvalue weighted by atomic mass is 10.2. The van der Waals surface area contributed by atoms with Crippen molar-refractivity contribution in [3.63, 3.8) is 0 Å². The molecule has 6 heteroatoms. The largest absolute Gasteiger partial charge is 0.382 e. The van der Waals surface area contributed by atoms with E-state index in [1.807, 2.05) is 0 Å². The number of nitrogens with one attached hydrogen (secondary N) is 1. The van der Waals surface area contributed by atoms with Gasteiger partial charge >= 0.3 is 0 Å². The molecule has 1 aromatic rings. The normalized spacial score (nSPS) is 10.5. The molecule has 0 saturated carbocycles. The van der Waals surface area contributed by atoms with Crippen molar-refractivity contribution in [1.82, 2.24) is 9.69 Å². The van der Waals surface area contributed by atoms with Crippen molar-refractivity contribution < 1.29 is 4.79 Å². The van der Waals surface area contributed by atoms with E-state index < -0.39 is 0 Å². The molecule has 0 unspecified atom stereocenters. The third-order valence-corrected chi connectivity index (χ3v) is 3.93. The van der Waals surface area contributed by atoms with Crippen LogP contribution in [0.25, 0.3) is 0 Å². The van der Waals surface area contributed by atoms with Crippen LogP contribution in [0, 0.1) is 0 Å². The van der Waals surface area contributed by atoms with Crippen LogP contribution in [-0.2, 0) is 0 Å². The number of hydrogen-bond donors (Lipinski definition) is 2. The second-order valence-electron chi connectivity index (χ2n) is 4.52. The molecule has 1 amide bonds. The molecule has 3 N–H and O–H groups in total. The first kappa shape index (κ1) is 15.8. The Morgan fingerprint density at radius 2 is 1.89 bits per heavy atom. The molecule has 108 valence electrons. The number of carbonyl (C=O) groups excluding carboxylic acids is 1. The van der Waals surface area contributed by atoms with Gasteiger partial charge in [0.05, 0.1) is 0 Å². The smallest absolute Gasteiger partial charge is 0.257 e. The van der Waals surface area contributed by atoms with Gasteiger partial charge in [0, 0.05) is 20.1 Å². The highest BCUT2D eigenvalue weighted by Gasteiger charge is 2.22.